The van der Waals surface area contributed by atoms with Crippen molar-refractivity contribution in [2.45, 2.75) is 25.8 Å². The molecule has 0 saturated heterocycles. The molecule has 1 aliphatic carbocycles. The molecule has 0 bridgehead atoms. The highest BCUT2D eigenvalue weighted by atomic mass is 16.3. The molecule has 1 fully saturated rings. The first-order valence-corrected chi connectivity index (χ1v) is 6.80. The van der Waals surface area contributed by atoms with Crippen molar-refractivity contribution < 1.29 is 13.6 Å². The Labute approximate surface area is 117 Å². The minimum absolute atomic E-state index is 0.167. The molecule has 2 aromatic rings. The van der Waals surface area contributed by atoms with Crippen LogP contribution < -0.4 is 5.32 Å². The van der Waals surface area contributed by atoms with E-state index in [1.54, 1.807) is 18.4 Å². The minimum atomic E-state index is -0.167. The van der Waals surface area contributed by atoms with Crippen LogP contribution in [0.3, 0.4) is 0 Å². The standard InChI is InChI=1S/C16H17NO3/c1-11-9-14(11)15-6-4-12(20-15)5-7-16(18)17-10-13-3-2-8-19-13/h2-8,11,14H,9-10H2,1H3,(H,17,18)/b7-5+. The maximum absolute atomic E-state index is 11.6. The van der Waals surface area contributed by atoms with Crippen molar-refractivity contribution in [3.8, 4) is 0 Å². The van der Waals surface area contributed by atoms with Gasteiger partial charge in [0.05, 0.1) is 12.8 Å². The summed E-state index contributed by atoms with van der Waals surface area (Å²) in [6, 6.07) is 7.51. The van der Waals surface area contributed by atoms with Gasteiger partial charge in [0.1, 0.15) is 17.3 Å². The Hall–Kier alpha value is -2.23. The van der Waals surface area contributed by atoms with Crippen LogP contribution in [0.4, 0.5) is 0 Å². The molecule has 4 nitrogen and oxygen atoms in total. The van der Waals surface area contributed by atoms with E-state index < -0.39 is 0 Å². The van der Waals surface area contributed by atoms with Gasteiger partial charge in [-0.05, 0) is 42.7 Å². The number of furan rings is 2. The SMILES string of the molecule is CC1CC1c1ccc(/C=C/C(=O)NCc2ccco2)o1. The lowest BCUT2D eigenvalue weighted by molar-refractivity contribution is -0.116. The average Bonchev–Trinajstić information content (AvgIpc) is 2.92. The lowest BCUT2D eigenvalue weighted by Crippen LogP contribution is -2.19. The summed E-state index contributed by atoms with van der Waals surface area (Å²) < 4.78 is 10.8. The summed E-state index contributed by atoms with van der Waals surface area (Å²) in [4.78, 5) is 11.6. The van der Waals surface area contributed by atoms with E-state index in [4.69, 9.17) is 8.83 Å². The third-order valence-corrected chi connectivity index (χ3v) is 3.54. The van der Waals surface area contributed by atoms with E-state index in [0.717, 1.165) is 17.4 Å². The number of amides is 1. The number of carbonyl (C=O) groups is 1. The summed E-state index contributed by atoms with van der Waals surface area (Å²) in [6.07, 6.45) is 5.94. The summed E-state index contributed by atoms with van der Waals surface area (Å²) in [5.41, 5.74) is 0. The fourth-order valence-electron chi connectivity index (χ4n) is 2.18. The zero-order chi connectivity index (χ0) is 13.9. The first-order chi connectivity index (χ1) is 9.72. The topological polar surface area (TPSA) is 55.4 Å². The predicted molar refractivity (Wildman–Crippen MR) is 74.8 cm³/mol. The smallest absolute Gasteiger partial charge is 0.244 e. The summed E-state index contributed by atoms with van der Waals surface area (Å²) in [5, 5.41) is 2.74. The van der Waals surface area contributed by atoms with Gasteiger partial charge in [-0.2, -0.15) is 0 Å². The molecule has 1 aliphatic rings. The molecule has 0 spiro atoms. The molecule has 2 heterocycles. The highest BCUT2D eigenvalue weighted by molar-refractivity contribution is 5.91. The summed E-state index contributed by atoms with van der Waals surface area (Å²) in [6.45, 7) is 2.60. The Balaban J connectivity index is 1.51. The van der Waals surface area contributed by atoms with Crippen molar-refractivity contribution in [3.63, 3.8) is 0 Å². The molecule has 2 atom stereocenters. The lowest BCUT2D eigenvalue weighted by Gasteiger charge is -1.97. The van der Waals surface area contributed by atoms with Crippen LogP contribution >= 0.6 is 0 Å². The molecular weight excluding hydrogens is 254 g/mol. The van der Waals surface area contributed by atoms with Gasteiger partial charge in [0.2, 0.25) is 5.91 Å². The van der Waals surface area contributed by atoms with Gasteiger partial charge in [-0.25, -0.2) is 0 Å². The van der Waals surface area contributed by atoms with Crippen molar-refractivity contribution >= 4 is 12.0 Å². The third kappa shape index (κ3) is 3.02. The molecule has 2 aromatic heterocycles. The molecule has 1 saturated carbocycles. The van der Waals surface area contributed by atoms with E-state index in [1.165, 1.54) is 12.5 Å². The second-order valence-corrected chi connectivity index (χ2v) is 5.19. The van der Waals surface area contributed by atoms with Crippen molar-refractivity contribution in [3.05, 3.63) is 53.9 Å². The van der Waals surface area contributed by atoms with Crippen LogP contribution in [0.1, 0.15) is 36.5 Å². The molecule has 4 heteroatoms. The molecule has 20 heavy (non-hydrogen) atoms. The second-order valence-electron chi connectivity index (χ2n) is 5.19. The molecule has 0 aromatic carbocycles. The molecule has 2 unspecified atom stereocenters. The van der Waals surface area contributed by atoms with Crippen molar-refractivity contribution in [1.29, 1.82) is 0 Å². The maximum atomic E-state index is 11.6. The van der Waals surface area contributed by atoms with Gasteiger partial charge in [0, 0.05) is 12.0 Å². The monoisotopic (exact) mass is 271 g/mol. The van der Waals surface area contributed by atoms with E-state index in [-0.39, 0.29) is 5.91 Å². The molecule has 1 amide bonds. The van der Waals surface area contributed by atoms with E-state index in [0.29, 0.717) is 18.2 Å². The fourth-order valence-corrected chi connectivity index (χ4v) is 2.18. The highest BCUT2D eigenvalue weighted by Crippen LogP contribution is 2.47. The Morgan fingerprint density at radius 1 is 1.45 bits per heavy atom. The Morgan fingerprint density at radius 2 is 2.30 bits per heavy atom. The zero-order valence-electron chi connectivity index (χ0n) is 11.3. The van der Waals surface area contributed by atoms with E-state index >= 15 is 0 Å². The van der Waals surface area contributed by atoms with Gasteiger partial charge in [0.25, 0.3) is 0 Å². The van der Waals surface area contributed by atoms with Gasteiger partial charge in [-0.15, -0.1) is 0 Å². The molecule has 104 valence electrons. The second kappa shape index (κ2) is 5.41. The Morgan fingerprint density at radius 3 is 3.00 bits per heavy atom. The van der Waals surface area contributed by atoms with Crippen LogP contribution in [0.25, 0.3) is 6.08 Å². The third-order valence-electron chi connectivity index (χ3n) is 3.54. The minimum Gasteiger partial charge on any atom is -0.467 e. The van der Waals surface area contributed by atoms with Crippen molar-refractivity contribution in [1.82, 2.24) is 5.32 Å². The first kappa shape index (κ1) is 12.8. The van der Waals surface area contributed by atoms with Gasteiger partial charge in [-0.3, -0.25) is 4.79 Å². The van der Waals surface area contributed by atoms with Gasteiger partial charge < -0.3 is 14.2 Å². The number of nitrogens with one attached hydrogen (secondary N) is 1. The maximum Gasteiger partial charge on any atom is 0.244 e. The van der Waals surface area contributed by atoms with E-state index in [2.05, 4.69) is 12.2 Å². The summed E-state index contributed by atoms with van der Waals surface area (Å²) >= 11 is 0. The Bertz CT molecular complexity index is 609. The molecule has 1 N–H and O–H groups in total. The highest BCUT2D eigenvalue weighted by Gasteiger charge is 2.36. The van der Waals surface area contributed by atoms with Crippen molar-refractivity contribution in [2.75, 3.05) is 0 Å². The first-order valence-electron chi connectivity index (χ1n) is 6.80. The van der Waals surface area contributed by atoms with Crippen LogP contribution in [-0.2, 0) is 11.3 Å². The van der Waals surface area contributed by atoms with Crippen LogP contribution in [-0.4, -0.2) is 5.91 Å². The molecule has 3 rings (SSSR count). The fraction of sp³-hybridized carbons (Fsp3) is 0.312. The van der Waals surface area contributed by atoms with Crippen LogP contribution in [0.5, 0.6) is 0 Å². The molecular formula is C16H17NO3. The van der Waals surface area contributed by atoms with E-state index in [1.807, 2.05) is 18.2 Å². The average molecular weight is 271 g/mol. The summed E-state index contributed by atoms with van der Waals surface area (Å²) in [5.74, 6) is 3.58. The molecule has 0 aliphatic heterocycles. The number of rotatable bonds is 5. The molecule has 0 radical (unpaired) electrons. The van der Waals surface area contributed by atoms with E-state index in [9.17, 15) is 4.79 Å². The van der Waals surface area contributed by atoms with Crippen molar-refractivity contribution in [2.24, 2.45) is 5.92 Å². The quantitative estimate of drug-likeness (QED) is 0.849. The van der Waals surface area contributed by atoms with Crippen LogP contribution in [0.15, 0.2) is 45.4 Å². The van der Waals surface area contributed by atoms with Crippen LogP contribution in [0.2, 0.25) is 0 Å². The number of hydrogen-bond acceptors (Lipinski definition) is 3. The summed E-state index contributed by atoms with van der Waals surface area (Å²) in [7, 11) is 0. The lowest BCUT2D eigenvalue weighted by atomic mass is 10.3. The van der Waals surface area contributed by atoms with Crippen LogP contribution in [0, 0.1) is 5.92 Å². The normalized spacial score (nSPS) is 21.2. The van der Waals surface area contributed by atoms with Gasteiger partial charge in [0.15, 0.2) is 0 Å². The number of hydrogen-bond donors (Lipinski definition) is 1. The number of carbonyl (C=O) groups excluding carboxylic acids is 1. The van der Waals surface area contributed by atoms with Gasteiger partial charge in [-0.1, -0.05) is 6.92 Å². The zero-order valence-corrected chi connectivity index (χ0v) is 11.3. The Kier molecular flexibility index (Phi) is 3.46. The predicted octanol–water partition coefficient (Wildman–Crippen LogP) is 3.33. The largest absolute Gasteiger partial charge is 0.467 e. The van der Waals surface area contributed by atoms with Gasteiger partial charge >= 0.3 is 0 Å².